The van der Waals surface area contributed by atoms with Crippen LogP contribution in [0.4, 0.5) is 0 Å². The lowest BCUT2D eigenvalue weighted by Gasteiger charge is -2.44. The maximum Gasteiger partial charge on any atom is 0.261 e. The third-order valence-electron chi connectivity index (χ3n) is 5.14. The van der Waals surface area contributed by atoms with E-state index in [0.717, 1.165) is 20.5 Å². The second-order valence-corrected chi connectivity index (χ2v) is 9.28. The molecule has 0 radical (unpaired) electrons. The van der Waals surface area contributed by atoms with E-state index in [1.54, 1.807) is 23.9 Å². The number of fused-ring (bicyclic) bond motifs is 3. The normalized spacial score (nSPS) is 24.4. The average Bonchev–Trinajstić information content (AvgIpc) is 3.12. The zero-order valence-electron chi connectivity index (χ0n) is 14.3. The number of nitrogens with two attached hydrogens (primary N) is 1. The minimum Gasteiger partial charge on any atom is -0.366 e. The lowest BCUT2D eigenvalue weighted by Crippen LogP contribution is -2.57. The molecule has 1 atom stereocenters. The molecule has 3 N–H and O–H groups in total. The molecular weight excluding hydrogens is 366 g/mol. The van der Waals surface area contributed by atoms with Gasteiger partial charge in [0.15, 0.2) is 0 Å². The Morgan fingerprint density at radius 3 is 2.46 bits per heavy atom. The number of thiophene rings is 1. The Kier molecular flexibility index (Phi) is 5.02. The lowest BCUT2D eigenvalue weighted by atomic mass is 9.84. The summed E-state index contributed by atoms with van der Waals surface area (Å²) in [4.78, 5) is 27.9. The van der Waals surface area contributed by atoms with Crippen LogP contribution >= 0.6 is 23.1 Å². The summed E-state index contributed by atoms with van der Waals surface area (Å²) in [7, 11) is 0. The van der Waals surface area contributed by atoms with Crippen molar-refractivity contribution in [2.75, 3.05) is 19.6 Å². The molecule has 26 heavy (non-hydrogen) atoms. The number of benzene rings is 1. The summed E-state index contributed by atoms with van der Waals surface area (Å²) in [5, 5.41) is 3.23. The minimum atomic E-state index is -0.427. The molecule has 1 aromatic carbocycles. The van der Waals surface area contributed by atoms with E-state index >= 15 is 0 Å². The van der Waals surface area contributed by atoms with Crippen LogP contribution in [0.15, 0.2) is 45.5 Å². The second kappa shape index (κ2) is 7.42. The molecule has 3 aliphatic heterocycles. The maximum atomic E-state index is 12.6. The van der Waals surface area contributed by atoms with E-state index in [9.17, 15) is 9.59 Å². The van der Waals surface area contributed by atoms with Gasteiger partial charge in [0, 0.05) is 23.0 Å². The van der Waals surface area contributed by atoms with E-state index in [1.807, 2.05) is 24.3 Å². The van der Waals surface area contributed by atoms with E-state index in [2.05, 4.69) is 10.2 Å². The third-order valence-corrected chi connectivity index (χ3v) is 7.36. The standard InChI is InChI=1S/C19H21N3O2S2/c20-18(23)13-1-3-14(4-2-13)25-17-6-5-16(26-17)19(24)21-15-11-22-9-7-12(15)8-10-22/h1-6,12,15H,7-11H2,(H2,20,23)(H,21,24). The van der Waals surface area contributed by atoms with Crippen molar-refractivity contribution in [2.45, 2.75) is 28.0 Å². The van der Waals surface area contributed by atoms with E-state index in [4.69, 9.17) is 5.73 Å². The van der Waals surface area contributed by atoms with Gasteiger partial charge in [0.05, 0.1) is 9.09 Å². The highest BCUT2D eigenvalue weighted by atomic mass is 32.2. The number of primary amides is 1. The molecule has 5 rings (SSSR count). The number of nitrogens with one attached hydrogen (secondary N) is 1. The van der Waals surface area contributed by atoms with Gasteiger partial charge in [0.25, 0.3) is 5.91 Å². The first-order chi connectivity index (χ1) is 12.6. The van der Waals surface area contributed by atoms with Crippen molar-refractivity contribution >= 4 is 34.9 Å². The van der Waals surface area contributed by atoms with Crippen molar-refractivity contribution in [2.24, 2.45) is 11.7 Å². The van der Waals surface area contributed by atoms with Crippen LogP contribution in [0, 0.1) is 5.92 Å². The molecule has 136 valence electrons. The molecule has 2 amide bonds. The molecule has 7 heteroatoms. The number of piperidine rings is 3. The zero-order valence-corrected chi connectivity index (χ0v) is 15.9. The van der Waals surface area contributed by atoms with Crippen molar-refractivity contribution < 1.29 is 9.59 Å². The summed E-state index contributed by atoms with van der Waals surface area (Å²) >= 11 is 3.08. The van der Waals surface area contributed by atoms with Gasteiger partial charge in [-0.2, -0.15) is 0 Å². The molecule has 2 aromatic rings. The zero-order chi connectivity index (χ0) is 18.1. The number of hydrogen-bond acceptors (Lipinski definition) is 5. The van der Waals surface area contributed by atoms with Gasteiger partial charge >= 0.3 is 0 Å². The van der Waals surface area contributed by atoms with E-state index in [1.165, 1.54) is 37.3 Å². The summed E-state index contributed by atoms with van der Waals surface area (Å²) in [6.07, 6.45) is 2.38. The van der Waals surface area contributed by atoms with Crippen molar-refractivity contribution in [1.29, 1.82) is 0 Å². The quantitative estimate of drug-likeness (QED) is 0.827. The van der Waals surface area contributed by atoms with Crippen LogP contribution in [-0.4, -0.2) is 42.4 Å². The molecule has 0 aliphatic carbocycles. The highest BCUT2D eigenvalue weighted by molar-refractivity contribution is 8.01. The van der Waals surface area contributed by atoms with Crippen molar-refractivity contribution in [3.05, 3.63) is 46.8 Å². The van der Waals surface area contributed by atoms with Crippen LogP contribution in [0.3, 0.4) is 0 Å². The van der Waals surface area contributed by atoms with Crippen molar-refractivity contribution in [1.82, 2.24) is 10.2 Å². The fraction of sp³-hybridized carbons (Fsp3) is 0.368. The number of rotatable bonds is 5. The van der Waals surface area contributed by atoms with Gasteiger partial charge in [0.2, 0.25) is 5.91 Å². The van der Waals surface area contributed by atoms with Gasteiger partial charge in [-0.3, -0.25) is 9.59 Å². The molecule has 1 aromatic heterocycles. The van der Waals surface area contributed by atoms with Gasteiger partial charge in [0.1, 0.15) is 0 Å². The SMILES string of the molecule is NC(=O)c1ccc(Sc2ccc(C(=O)NC3CN4CCC3CC4)s2)cc1. The number of carbonyl (C=O) groups is 2. The fourth-order valence-corrected chi connectivity index (χ4v) is 5.67. The predicted molar refractivity (Wildman–Crippen MR) is 104 cm³/mol. The molecule has 3 aliphatic rings. The van der Waals surface area contributed by atoms with Crippen LogP contribution < -0.4 is 11.1 Å². The van der Waals surface area contributed by atoms with E-state index in [-0.39, 0.29) is 11.9 Å². The fourth-order valence-electron chi connectivity index (χ4n) is 3.67. The Bertz CT molecular complexity index is 810. The Morgan fingerprint density at radius 1 is 1.12 bits per heavy atom. The van der Waals surface area contributed by atoms with Gasteiger partial charge < -0.3 is 16.0 Å². The first-order valence-corrected chi connectivity index (χ1v) is 10.4. The number of nitrogens with zero attached hydrogens (tertiary/aromatic N) is 1. The lowest BCUT2D eigenvalue weighted by molar-refractivity contribution is 0.0622. The van der Waals surface area contributed by atoms with Crippen molar-refractivity contribution in [3.8, 4) is 0 Å². The molecule has 0 spiro atoms. The van der Waals surface area contributed by atoms with Crippen LogP contribution in [0.1, 0.15) is 32.9 Å². The van der Waals surface area contributed by atoms with Crippen LogP contribution in [0.5, 0.6) is 0 Å². The van der Waals surface area contributed by atoms with Crippen molar-refractivity contribution in [3.63, 3.8) is 0 Å². The van der Waals surface area contributed by atoms with Gasteiger partial charge in [-0.25, -0.2) is 0 Å². The second-order valence-electron chi connectivity index (χ2n) is 6.83. The summed E-state index contributed by atoms with van der Waals surface area (Å²) < 4.78 is 1.05. The average molecular weight is 388 g/mol. The number of amides is 2. The van der Waals surface area contributed by atoms with E-state index < -0.39 is 5.91 Å². The molecule has 3 fully saturated rings. The third kappa shape index (κ3) is 3.79. The van der Waals surface area contributed by atoms with Gasteiger partial charge in [-0.05, 0) is 68.2 Å². The Hall–Kier alpha value is -1.83. The molecule has 4 heterocycles. The molecule has 2 bridgehead atoms. The van der Waals surface area contributed by atoms with Crippen LogP contribution in [-0.2, 0) is 0 Å². The maximum absolute atomic E-state index is 12.6. The summed E-state index contributed by atoms with van der Waals surface area (Å²) in [5.41, 5.74) is 5.76. The predicted octanol–water partition coefficient (Wildman–Crippen LogP) is 2.82. The molecule has 3 saturated heterocycles. The molecule has 1 unspecified atom stereocenters. The smallest absolute Gasteiger partial charge is 0.261 e. The Morgan fingerprint density at radius 2 is 1.85 bits per heavy atom. The molecule has 5 nitrogen and oxygen atoms in total. The number of carbonyl (C=O) groups excluding carboxylic acids is 2. The number of hydrogen-bond donors (Lipinski definition) is 2. The summed E-state index contributed by atoms with van der Waals surface area (Å²) in [5.74, 6) is 0.232. The monoisotopic (exact) mass is 387 g/mol. The highest BCUT2D eigenvalue weighted by Gasteiger charge is 2.35. The van der Waals surface area contributed by atoms with Gasteiger partial charge in [-0.1, -0.05) is 11.8 Å². The highest BCUT2D eigenvalue weighted by Crippen LogP contribution is 2.34. The van der Waals surface area contributed by atoms with Crippen LogP contribution in [0.2, 0.25) is 0 Å². The van der Waals surface area contributed by atoms with Crippen LogP contribution in [0.25, 0.3) is 0 Å². The first-order valence-electron chi connectivity index (χ1n) is 8.79. The first kappa shape index (κ1) is 17.6. The largest absolute Gasteiger partial charge is 0.366 e. The molecular formula is C19H21N3O2S2. The van der Waals surface area contributed by atoms with E-state index in [0.29, 0.717) is 11.5 Å². The Labute approximate surface area is 160 Å². The minimum absolute atomic E-state index is 0.0321. The molecule has 0 saturated carbocycles. The topological polar surface area (TPSA) is 75.4 Å². The summed E-state index contributed by atoms with van der Waals surface area (Å²) in [6, 6.07) is 11.3. The summed E-state index contributed by atoms with van der Waals surface area (Å²) in [6.45, 7) is 3.33. The Balaban J connectivity index is 1.38. The van der Waals surface area contributed by atoms with Gasteiger partial charge in [-0.15, -0.1) is 11.3 Å².